The lowest BCUT2D eigenvalue weighted by molar-refractivity contribution is -0.929. The van der Waals surface area contributed by atoms with E-state index in [9.17, 15) is 4.79 Å². The monoisotopic (exact) mass is 441 g/mol. The molecule has 0 unspecified atom stereocenters. The van der Waals surface area contributed by atoms with Gasteiger partial charge in [0.1, 0.15) is 5.69 Å². The van der Waals surface area contributed by atoms with Crippen LogP contribution in [0, 0.1) is 6.92 Å². The average Bonchev–Trinajstić information content (AvgIpc) is 2.77. The third kappa shape index (κ3) is 15.0. The number of amides is 1. The van der Waals surface area contributed by atoms with E-state index >= 15 is 0 Å². The van der Waals surface area contributed by atoms with Gasteiger partial charge in [0.25, 0.3) is 5.91 Å². The maximum absolute atomic E-state index is 11.3. The second-order valence-electron chi connectivity index (χ2n) is 8.29. The minimum Gasteiger partial charge on any atom is -1.00 e. The number of nitrogens with zero attached hydrogens (tertiary/aromatic N) is 2. The summed E-state index contributed by atoms with van der Waals surface area (Å²) in [5.74, 6) is -0.252. The summed E-state index contributed by atoms with van der Waals surface area (Å²) in [5, 5.41) is 11.0. The van der Waals surface area contributed by atoms with Gasteiger partial charge in [0.05, 0.1) is 32.8 Å². The van der Waals surface area contributed by atoms with Gasteiger partial charge in [-0.25, -0.2) is 4.98 Å². The lowest BCUT2D eigenvalue weighted by Gasteiger charge is -2.39. The highest BCUT2D eigenvalue weighted by Crippen LogP contribution is 2.16. The Hall–Kier alpha value is -1.53. The van der Waals surface area contributed by atoms with E-state index in [1.54, 1.807) is 12.1 Å². The molecule has 0 aromatic carbocycles. The highest BCUT2D eigenvalue weighted by atomic mass is 19.0. The van der Waals surface area contributed by atoms with E-state index in [1.807, 2.05) is 13.0 Å². The summed E-state index contributed by atoms with van der Waals surface area (Å²) in [5.41, 5.74) is 1.19. The molecule has 0 aliphatic carbocycles. The predicted molar refractivity (Wildman–Crippen MR) is 128 cm³/mol. The van der Waals surface area contributed by atoms with E-state index in [0.29, 0.717) is 5.69 Å². The molecule has 31 heavy (non-hydrogen) atoms. The Bertz CT molecular complexity index is 518. The number of carbonyl (C=O) groups excluding carboxylic acids is 1. The molecule has 1 heterocycles. The Morgan fingerprint density at radius 1 is 0.903 bits per heavy atom. The zero-order valence-corrected chi connectivity index (χ0v) is 20.8. The SMILES string of the molecule is CCCC[N+](CCCC)(CCCC)CCCC.Cc1cccc(C(=O)NCCO)n1.[F-]. The predicted octanol–water partition coefficient (Wildman–Crippen LogP) is 2.12. The molecule has 0 fully saturated rings. The lowest BCUT2D eigenvalue weighted by Crippen LogP contribution is -3.00. The molecule has 1 aromatic heterocycles. The van der Waals surface area contributed by atoms with Gasteiger partial charge in [-0.05, 0) is 44.7 Å². The van der Waals surface area contributed by atoms with Crippen LogP contribution in [0.1, 0.15) is 95.2 Å². The van der Waals surface area contributed by atoms with E-state index in [0.717, 1.165) is 5.69 Å². The van der Waals surface area contributed by atoms with Crippen molar-refractivity contribution in [1.82, 2.24) is 10.3 Å². The number of hydrogen-bond donors (Lipinski definition) is 2. The molecule has 0 aliphatic rings. The van der Waals surface area contributed by atoms with Crippen LogP contribution in [0.3, 0.4) is 0 Å². The first-order valence-electron chi connectivity index (χ1n) is 12.2. The molecule has 0 saturated heterocycles. The van der Waals surface area contributed by atoms with Gasteiger partial charge < -0.3 is 19.6 Å². The molecule has 0 bridgehead atoms. The summed E-state index contributed by atoms with van der Waals surface area (Å²) in [6.07, 6.45) is 11.1. The summed E-state index contributed by atoms with van der Waals surface area (Å²) < 4.78 is 1.42. The fourth-order valence-electron chi connectivity index (χ4n) is 3.57. The number of carbonyl (C=O) groups is 1. The van der Waals surface area contributed by atoms with Gasteiger partial charge in [-0.15, -0.1) is 0 Å². The fourth-order valence-corrected chi connectivity index (χ4v) is 3.57. The van der Waals surface area contributed by atoms with Crippen molar-refractivity contribution in [2.75, 3.05) is 39.3 Å². The van der Waals surface area contributed by atoms with Gasteiger partial charge in [-0.1, -0.05) is 59.4 Å². The normalized spacial score (nSPS) is 10.6. The lowest BCUT2D eigenvalue weighted by atomic mass is 10.1. The Morgan fingerprint density at radius 3 is 1.71 bits per heavy atom. The first-order chi connectivity index (χ1) is 14.5. The number of pyridine rings is 1. The molecular weight excluding hydrogens is 393 g/mol. The highest BCUT2D eigenvalue weighted by Gasteiger charge is 2.24. The number of aryl methyl sites for hydroxylation is 1. The summed E-state index contributed by atoms with van der Waals surface area (Å²) in [6, 6.07) is 5.23. The first-order valence-corrected chi connectivity index (χ1v) is 12.2. The number of rotatable bonds is 15. The van der Waals surface area contributed by atoms with E-state index in [-0.39, 0.29) is 23.8 Å². The van der Waals surface area contributed by atoms with Gasteiger partial charge >= 0.3 is 0 Å². The van der Waals surface area contributed by atoms with Gasteiger partial charge in [-0.2, -0.15) is 0 Å². The number of aromatic nitrogens is 1. The maximum Gasteiger partial charge on any atom is 0.269 e. The number of hydrogen-bond acceptors (Lipinski definition) is 3. The minimum absolute atomic E-state index is 0. The Labute approximate surface area is 190 Å². The van der Waals surface area contributed by atoms with Crippen LogP contribution in [0.2, 0.25) is 0 Å². The zero-order valence-electron chi connectivity index (χ0n) is 20.8. The van der Waals surface area contributed by atoms with Crippen LogP contribution >= 0.6 is 0 Å². The Kier molecular flexibility index (Phi) is 20.8. The topological polar surface area (TPSA) is 62.2 Å². The molecule has 6 heteroatoms. The molecule has 5 nitrogen and oxygen atoms in total. The van der Waals surface area contributed by atoms with Crippen molar-refractivity contribution < 1.29 is 19.1 Å². The molecule has 182 valence electrons. The second kappa shape index (κ2) is 20.4. The molecule has 1 aromatic rings. The molecule has 2 N–H and O–H groups in total. The van der Waals surface area contributed by atoms with E-state index in [2.05, 4.69) is 38.0 Å². The van der Waals surface area contributed by atoms with Crippen molar-refractivity contribution in [3.05, 3.63) is 29.6 Å². The molecule has 1 rings (SSSR count). The molecule has 0 radical (unpaired) electrons. The summed E-state index contributed by atoms with van der Waals surface area (Å²) >= 11 is 0. The molecule has 0 atom stereocenters. The first kappa shape index (κ1) is 31.7. The Morgan fingerprint density at radius 2 is 1.35 bits per heavy atom. The van der Waals surface area contributed by atoms with Crippen LogP contribution in [0.25, 0.3) is 0 Å². The molecule has 0 spiro atoms. The largest absolute Gasteiger partial charge is 1.00 e. The van der Waals surface area contributed by atoms with Crippen molar-refractivity contribution in [3.63, 3.8) is 0 Å². The molecular formula is C25H48FN3O2. The van der Waals surface area contributed by atoms with Crippen molar-refractivity contribution in [3.8, 4) is 0 Å². The van der Waals surface area contributed by atoms with Crippen LogP contribution in [-0.2, 0) is 0 Å². The molecule has 1 amide bonds. The standard InChI is InChI=1S/C16H36N.C9H12N2O2.FH/c1-5-9-13-17(14-10-6-2,15-11-7-3)16-12-8-4;1-7-3-2-4-8(11-7)9(13)10-5-6-12;/h5-16H2,1-4H3;2-4,12H,5-6H2,1H3,(H,10,13);1H/q+1;;/p-1. The highest BCUT2D eigenvalue weighted by molar-refractivity contribution is 5.92. The molecule has 0 saturated carbocycles. The number of aliphatic hydroxyl groups is 1. The third-order valence-corrected chi connectivity index (χ3v) is 5.46. The van der Waals surface area contributed by atoms with Gasteiger partial charge in [0.2, 0.25) is 0 Å². The quantitative estimate of drug-likeness (QED) is 0.410. The fraction of sp³-hybridized carbons (Fsp3) is 0.760. The van der Waals surface area contributed by atoms with Gasteiger partial charge in [0, 0.05) is 12.2 Å². The van der Waals surface area contributed by atoms with Crippen molar-refractivity contribution in [2.45, 2.75) is 86.0 Å². The Balaban J connectivity index is 0. The second-order valence-corrected chi connectivity index (χ2v) is 8.29. The average molecular weight is 442 g/mol. The van der Waals surface area contributed by atoms with E-state index in [4.69, 9.17) is 5.11 Å². The van der Waals surface area contributed by atoms with Crippen molar-refractivity contribution in [1.29, 1.82) is 0 Å². The number of unbranched alkanes of at least 4 members (excludes halogenated alkanes) is 4. The van der Waals surface area contributed by atoms with Crippen LogP contribution in [-0.4, -0.2) is 59.8 Å². The van der Waals surface area contributed by atoms with Gasteiger partial charge in [-0.3, -0.25) is 4.79 Å². The zero-order chi connectivity index (χ0) is 22.7. The minimum atomic E-state index is -0.252. The van der Waals surface area contributed by atoms with Crippen molar-refractivity contribution >= 4 is 5.91 Å². The number of aliphatic hydroxyl groups excluding tert-OH is 1. The summed E-state index contributed by atoms with van der Waals surface area (Å²) in [6.45, 7) is 17.0. The van der Waals surface area contributed by atoms with Gasteiger partial charge in [0.15, 0.2) is 0 Å². The number of nitrogens with one attached hydrogen (secondary N) is 1. The third-order valence-electron chi connectivity index (χ3n) is 5.46. The van der Waals surface area contributed by atoms with Crippen LogP contribution < -0.4 is 10.0 Å². The summed E-state index contributed by atoms with van der Waals surface area (Å²) in [7, 11) is 0. The summed E-state index contributed by atoms with van der Waals surface area (Å²) in [4.78, 5) is 15.3. The van der Waals surface area contributed by atoms with Crippen molar-refractivity contribution in [2.24, 2.45) is 0 Å². The van der Waals surface area contributed by atoms with Crippen LogP contribution in [0.15, 0.2) is 18.2 Å². The smallest absolute Gasteiger partial charge is 0.269 e. The number of halogens is 1. The molecule has 0 aliphatic heterocycles. The van der Waals surface area contributed by atoms with E-state index < -0.39 is 0 Å². The van der Waals surface area contributed by atoms with Crippen LogP contribution in [0.5, 0.6) is 0 Å². The van der Waals surface area contributed by atoms with E-state index in [1.165, 1.54) is 82.0 Å². The maximum atomic E-state index is 11.3. The van der Waals surface area contributed by atoms with Crippen LogP contribution in [0.4, 0.5) is 0 Å². The number of quaternary nitrogens is 1.